The Morgan fingerprint density at radius 2 is 2.04 bits per heavy atom. The Balaban J connectivity index is 1.33. The minimum Gasteiger partial charge on any atom is -0.459 e. The van der Waals surface area contributed by atoms with E-state index in [2.05, 4.69) is 20.6 Å². The molecule has 0 spiro atoms. The molecule has 0 aliphatic carbocycles. The van der Waals surface area contributed by atoms with Crippen molar-refractivity contribution in [2.75, 3.05) is 11.1 Å². The number of benzene rings is 1. The molecule has 4 aromatic rings. The van der Waals surface area contributed by atoms with Crippen LogP contribution in [0.25, 0.3) is 11.7 Å². The van der Waals surface area contributed by atoms with Gasteiger partial charge in [-0.2, -0.15) is 5.10 Å². The molecule has 8 nitrogen and oxygen atoms in total. The second-order valence-corrected chi connectivity index (χ2v) is 7.03. The van der Waals surface area contributed by atoms with Crippen LogP contribution in [0.1, 0.15) is 5.56 Å². The fourth-order valence-corrected chi connectivity index (χ4v) is 3.16. The predicted octanol–water partition coefficient (Wildman–Crippen LogP) is 3.96. The molecule has 0 unspecified atom stereocenters. The Morgan fingerprint density at radius 1 is 1.18 bits per heavy atom. The van der Waals surface area contributed by atoms with Gasteiger partial charge in [-0.25, -0.2) is 0 Å². The first kappa shape index (κ1) is 18.3. The number of furan rings is 1. The van der Waals surface area contributed by atoms with Crippen molar-refractivity contribution < 1.29 is 13.6 Å². The standard InChI is InChI=1S/C18H14ClN5O3S/c19-13-10-24(9-12-5-2-1-3-6-12)23-16(13)20-15(25)11-28-18-22-21-17(27-18)14-7-4-8-26-14/h1-8,10H,9,11H2,(H,20,23,25). The summed E-state index contributed by atoms with van der Waals surface area (Å²) in [6, 6.07) is 13.3. The number of aromatic nitrogens is 4. The van der Waals surface area contributed by atoms with Crippen LogP contribution < -0.4 is 5.32 Å². The van der Waals surface area contributed by atoms with Gasteiger partial charge >= 0.3 is 0 Å². The van der Waals surface area contributed by atoms with Crippen molar-refractivity contribution in [1.82, 2.24) is 20.0 Å². The lowest BCUT2D eigenvalue weighted by Gasteiger charge is -2.02. The van der Waals surface area contributed by atoms with Crippen LogP contribution in [0.3, 0.4) is 0 Å². The second kappa shape index (κ2) is 8.32. The third-order valence-electron chi connectivity index (χ3n) is 3.63. The number of carbonyl (C=O) groups is 1. The normalized spacial score (nSPS) is 10.9. The van der Waals surface area contributed by atoms with Gasteiger partial charge in [0, 0.05) is 6.20 Å². The fraction of sp³-hybridized carbons (Fsp3) is 0.111. The summed E-state index contributed by atoms with van der Waals surface area (Å²) in [7, 11) is 0. The maximum atomic E-state index is 12.2. The van der Waals surface area contributed by atoms with Gasteiger partial charge in [0.25, 0.3) is 11.1 Å². The fourth-order valence-electron chi connectivity index (χ4n) is 2.40. The molecule has 1 amide bonds. The Morgan fingerprint density at radius 3 is 2.82 bits per heavy atom. The summed E-state index contributed by atoms with van der Waals surface area (Å²) in [5.41, 5.74) is 1.08. The summed E-state index contributed by atoms with van der Waals surface area (Å²) in [6.45, 7) is 0.558. The first-order chi connectivity index (χ1) is 13.7. The molecular weight excluding hydrogens is 402 g/mol. The zero-order valence-electron chi connectivity index (χ0n) is 14.4. The molecule has 142 valence electrons. The van der Waals surface area contributed by atoms with E-state index in [1.54, 1.807) is 23.0 Å². The number of hydrogen-bond donors (Lipinski definition) is 1. The maximum Gasteiger partial charge on any atom is 0.284 e. The van der Waals surface area contributed by atoms with Gasteiger partial charge in [-0.3, -0.25) is 9.48 Å². The van der Waals surface area contributed by atoms with Crippen molar-refractivity contribution in [3.63, 3.8) is 0 Å². The molecule has 0 bridgehead atoms. The highest BCUT2D eigenvalue weighted by molar-refractivity contribution is 7.99. The van der Waals surface area contributed by atoms with Crippen molar-refractivity contribution in [3.8, 4) is 11.7 Å². The lowest BCUT2D eigenvalue weighted by molar-refractivity contribution is -0.113. The summed E-state index contributed by atoms with van der Waals surface area (Å²) < 4.78 is 12.3. The minimum absolute atomic E-state index is 0.0711. The molecule has 28 heavy (non-hydrogen) atoms. The van der Waals surface area contributed by atoms with Crippen molar-refractivity contribution in [3.05, 3.63) is 65.5 Å². The molecule has 0 saturated carbocycles. The zero-order chi connectivity index (χ0) is 19.3. The van der Waals surface area contributed by atoms with Gasteiger partial charge in [0.05, 0.1) is 18.6 Å². The molecule has 0 aliphatic heterocycles. The predicted molar refractivity (Wildman–Crippen MR) is 104 cm³/mol. The third-order valence-corrected chi connectivity index (χ3v) is 4.72. The van der Waals surface area contributed by atoms with Crippen LogP contribution in [0.5, 0.6) is 0 Å². The van der Waals surface area contributed by atoms with Gasteiger partial charge in [-0.1, -0.05) is 53.7 Å². The first-order valence-corrected chi connectivity index (χ1v) is 9.60. The third kappa shape index (κ3) is 4.44. The highest BCUT2D eigenvalue weighted by atomic mass is 35.5. The summed E-state index contributed by atoms with van der Waals surface area (Å²) >= 11 is 7.29. The van der Waals surface area contributed by atoms with Crippen LogP contribution in [-0.4, -0.2) is 31.6 Å². The average Bonchev–Trinajstić information content (AvgIpc) is 3.43. The van der Waals surface area contributed by atoms with Crippen LogP contribution >= 0.6 is 23.4 Å². The molecule has 0 fully saturated rings. The number of rotatable bonds is 7. The van der Waals surface area contributed by atoms with Crippen molar-refractivity contribution in [2.45, 2.75) is 11.8 Å². The lowest BCUT2D eigenvalue weighted by atomic mass is 10.2. The van der Waals surface area contributed by atoms with Crippen molar-refractivity contribution >= 4 is 35.1 Å². The minimum atomic E-state index is -0.283. The number of nitrogens with zero attached hydrogens (tertiary/aromatic N) is 4. The molecular formula is C18H14ClN5O3S. The first-order valence-electron chi connectivity index (χ1n) is 8.24. The van der Waals surface area contributed by atoms with Crippen LogP contribution in [0.4, 0.5) is 5.82 Å². The number of nitrogens with one attached hydrogen (secondary N) is 1. The number of carbonyl (C=O) groups excluding carboxylic acids is 1. The SMILES string of the molecule is O=C(CSc1nnc(-c2ccco2)o1)Nc1nn(Cc2ccccc2)cc1Cl. The van der Waals surface area contributed by atoms with Crippen LogP contribution in [0, 0.1) is 0 Å². The highest BCUT2D eigenvalue weighted by Gasteiger charge is 2.15. The van der Waals surface area contributed by atoms with E-state index in [9.17, 15) is 4.79 Å². The smallest absolute Gasteiger partial charge is 0.284 e. The van der Waals surface area contributed by atoms with Gasteiger partial charge in [0.2, 0.25) is 5.91 Å². The van der Waals surface area contributed by atoms with E-state index in [4.69, 9.17) is 20.4 Å². The molecule has 0 aliphatic rings. The Kier molecular flexibility index (Phi) is 5.45. The lowest BCUT2D eigenvalue weighted by Crippen LogP contribution is -2.15. The Labute approximate surface area is 168 Å². The van der Waals surface area contributed by atoms with Gasteiger partial charge in [0.1, 0.15) is 5.02 Å². The van der Waals surface area contributed by atoms with Gasteiger partial charge < -0.3 is 14.2 Å². The number of anilines is 1. The summed E-state index contributed by atoms with van der Waals surface area (Å²) in [5.74, 6) is 0.830. The van der Waals surface area contributed by atoms with Gasteiger partial charge in [-0.15, -0.1) is 10.2 Å². The molecule has 10 heteroatoms. The molecule has 0 radical (unpaired) electrons. The van der Waals surface area contributed by atoms with E-state index >= 15 is 0 Å². The summed E-state index contributed by atoms with van der Waals surface area (Å²) in [5, 5.41) is 15.4. The Bertz CT molecular complexity index is 1060. The number of hydrogen-bond acceptors (Lipinski definition) is 7. The zero-order valence-corrected chi connectivity index (χ0v) is 16.0. The van der Waals surface area contributed by atoms with Crippen LogP contribution in [-0.2, 0) is 11.3 Å². The van der Waals surface area contributed by atoms with Gasteiger partial charge in [0.15, 0.2) is 11.6 Å². The molecule has 1 N–H and O–H groups in total. The Hall–Kier alpha value is -3.04. The van der Waals surface area contributed by atoms with Gasteiger partial charge in [-0.05, 0) is 17.7 Å². The van der Waals surface area contributed by atoms with E-state index < -0.39 is 0 Å². The molecule has 1 aromatic carbocycles. The van der Waals surface area contributed by atoms with Crippen LogP contribution in [0.2, 0.25) is 5.02 Å². The number of thioether (sulfide) groups is 1. The monoisotopic (exact) mass is 415 g/mol. The van der Waals surface area contributed by atoms with E-state index in [1.165, 1.54) is 6.26 Å². The van der Waals surface area contributed by atoms with E-state index in [1.807, 2.05) is 30.3 Å². The second-order valence-electron chi connectivity index (χ2n) is 5.70. The molecule has 0 atom stereocenters. The summed E-state index contributed by atoms with van der Waals surface area (Å²) in [4.78, 5) is 12.2. The van der Waals surface area contributed by atoms with Crippen molar-refractivity contribution in [1.29, 1.82) is 0 Å². The average molecular weight is 416 g/mol. The largest absolute Gasteiger partial charge is 0.459 e. The van der Waals surface area contributed by atoms with E-state index in [0.29, 0.717) is 23.1 Å². The topological polar surface area (TPSA) is 99.0 Å². The highest BCUT2D eigenvalue weighted by Crippen LogP contribution is 2.24. The van der Waals surface area contributed by atoms with E-state index in [0.717, 1.165) is 17.3 Å². The quantitative estimate of drug-likeness (QED) is 0.456. The van der Waals surface area contributed by atoms with E-state index in [-0.39, 0.29) is 22.8 Å². The molecule has 3 aromatic heterocycles. The number of amides is 1. The molecule has 4 rings (SSSR count). The summed E-state index contributed by atoms with van der Waals surface area (Å²) in [6.07, 6.45) is 3.19. The molecule has 3 heterocycles. The number of halogens is 1. The maximum absolute atomic E-state index is 12.2. The van der Waals surface area contributed by atoms with Crippen molar-refractivity contribution in [2.24, 2.45) is 0 Å². The van der Waals surface area contributed by atoms with Crippen LogP contribution in [0.15, 0.2) is 69.0 Å². The molecule has 0 saturated heterocycles.